The second-order valence-electron chi connectivity index (χ2n) is 3.26. The molecular weight excluding hydrogens is 196 g/mol. The van der Waals surface area contributed by atoms with Crippen molar-refractivity contribution in [1.82, 2.24) is 5.32 Å². The van der Waals surface area contributed by atoms with Crippen LogP contribution in [-0.4, -0.2) is 26.3 Å². The second-order valence-corrected chi connectivity index (χ2v) is 4.24. The van der Waals surface area contributed by atoms with Gasteiger partial charge in [0.2, 0.25) is 0 Å². The van der Waals surface area contributed by atoms with Crippen molar-refractivity contribution >= 4 is 11.3 Å². The van der Waals surface area contributed by atoms with Crippen LogP contribution in [0.5, 0.6) is 0 Å². The Hall–Kier alpha value is -0.420. The number of methoxy groups -OCH3 is 1. The standard InChI is InChI=1S/C10H18N2OS/c1-8(13-2)7-12-9(6-11)10-4-3-5-14-10/h3-5,8-9,12H,6-7,11H2,1-2H3. The Balaban J connectivity index is 2.40. The number of hydrogen-bond donors (Lipinski definition) is 2. The third kappa shape index (κ3) is 3.38. The van der Waals surface area contributed by atoms with Gasteiger partial charge in [0.05, 0.1) is 12.1 Å². The summed E-state index contributed by atoms with van der Waals surface area (Å²) in [6.45, 7) is 3.49. The molecule has 14 heavy (non-hydrogen) atoms. The van der Waals surface area contributed by atoms with Crippen molar-refractivity contribution < 1.29 is 4.74 Å². The lowest BCUT2D eigenvalue weighted by atomic mass is 10.2. The molecule has 0 aromatic carbocycles. The number of ether oxygens (including phenoxy) is 1. The number of nitrogens with one attached hydrogen (secondary N) is 1. The smallest absolute Gasteiger partial charge is 0.0667 e. The maximum atomic E-state index is 5.70. The van der Waals surface area contributed by atoms with E-state index in [2.05, 4.69) is 16.8 Å². The van der Waals surface area contributed by atoms with Crippen molar-refractivity contribution in [1.29, 1.82) is 0 Å². The van der Waals surface area contributed by atoms with Crippen molar-refractivity contribution in [3.63, 3.8) is 0 Å². The zero-order chi connectivity index (χ0) is 10.4. The second kappa shape index (κ2) is 6.14. The van der Waals surface area contributed by atoms with Crippen LogP contribution in [0.1, 0.15) is 17.8 Å². The Kier molecular flexibility index (Phi) is 5.11. The summed E-state index contributed by atoms with van der Waals surface area (Å²) in [5.41, 5.74) is 5.70. The van der Waals surface area contributed by atoms with Gasteiger partial charge >= 0.3 is 0 Å². The normalized spacial score (nSPS) is 15.4. The van der Waals surface area contributed by atoms with Crippen LogP contribution in [0.15, 0.2) is 17.5 Å². The lowest BCUT2D eigenvalue weighted by molar-refractivity contribution is 0.114. The van der Waals surface area contributed by atoms with Gasteiger partial charge in [0.25, 0.3) is 0 Å². The fourth-order valence-corrected chi connectivity index (χ4v) is 2.00. The number of hydrogen-bond acceptors (Lipinski definition) is 4. The average Bonchev–Trinajstić information content (AvgIpc) is 2.72. The van der Waals surface area contributed by atoms with Crippen molar-refractivity contribution in [3.05, 3.63) is 22.4 Å². The molecule has 3 N–H and O–H groups in total. The minimum absolute atomic E-state index is 0.226. The summed E-state index contributed by atoms with van der Waals surface area (Å²) < 4.78 is 5.16. The van der Waals surface area contributed by atoms with E-state index in [0.717, 1.165) is 6.54 Å². The third-order valence-electron chi connectivity index (χ3n) is 2.18. The van der Waals surface area contributed by atoms with Gasteiger partial charge in [0.1, 0.15) is 0 Å². The summed E-state index contributed by atoms with van der Waals surface area (Å²) in [7, 11) is 1.72. The van der Waals surface area contributed by atoms with E-state index in [9.17, 15) is 0 Å². The first-order chi connectivity index (χ1) is 6.77. The summed E-state index contributed by atoms with van der Waals surface area (Å²) in [5, 5.41) is 5.45. The Morgan fingerprint density at radius 1 is 1.64 bits per heavy atom. The van der Waals surface area contributed by atoms with Gasteiger partial charge < -0.3 is 15.8 Å². The molecule has 80 valence electrons. The SMILES string of the molecule is COC(C)CNC(CN)c1cccs1. The van der Waals surface area contributed by atoms with E-state index in [1.54, 1.807) is 18.4 Å². The molecule has 1 aromatic heterocycles. The van der Waals surface area contributed by atoms with Gasteiger partial charge in [0, 0.05) is 25.1 Å². The summed E-state index contributed by atoms with van der Waals surface area (Å²) >= 11 is 1.73. The summed E-state index contributed by atoms with van der Waals surface area (Å²) in [5.74, 6) is 0. The molecule has 0 spiro atoms. The molecule has 0 aliphatic carbocycles. The van der Waals surface area contributed by atoms with Crippen molar-refractivity contribution in [2.75, 3.05) is 20.2 Å². The highest BCUT2D eigenvalue weighted by Gasteiger charge is 2.10. The average molecular weight is 214 g/mol. The highest BCUT2D eigenvalue weighted by Crippen LogP contribution is 2.17. The van der Waals surface area contributed by atoms with Gasteiger partial charge in [-0.05, 0) is 18.4 Å². The minimum atomic E-state index is 0.226. The molecule has 0 aliphatic heterocycles. The van der Waals surface area contributed by atoms with E-state index in [4.69, 9.17) is 10.5 Å². The minimum Gasteiger partial charge on any atom is -0.380 e. The first-order valence-corrected chi connectivity index (χ1v) is 5.65. The molecule has 0 aliphatic rings. The van der Waals surface area contributed by atoms with Gasteiger partial charge in [-0.25, -0.2) is 0 Å². The molecule has 0 amide bonds. The van der Waals surface area contributed by atoms with Crippen LogP contribution >= 0.6 is 11.3 Å². The van der Waals surface area contributed by atoms with Crippen LogP contribution in [0.2, 0.25) is 0 Å². The van der Waals surface area contributed by atoms with Crippen LogP contribution in [0.25, 0.3) is 0 Å². The molecule has 3 nitrogen and oxygen atoms in total. The molecule has 4 heteroatoms. The molecule has 1 rings (SSSR count). The first-order valence-electron chi connectivity index (χ1n) is 4.77. The van der Waals surface area contributed by atoms with Crippen LogP contribution in [0.4, 0.5) is 0 Å². The number of thiophene rings is 1. The fourth-order valence-electron chi connectivity index (χ4n) is 1.18. The molecular formula is C10H18N2OS. The van der Waals surface area contributed by atoms with E-state index in [-0.39, 0.29) is 12.1 Å². The molecule has 1 aromatic rings. The highest BCUT2D eigenvalue weighted by molar-refractivity contribution is 7.10. The van der Waals surface area contributed by atoms with Gasteiger partial charge in [-0.3, -0.25) is 0 Å². The number of rotatable bonds is 6. The van der Waals surface area contributed by atoms with Gasteiger partial charge in [0.15, 0.2) is 0 Å². The van der Waals surface area contributed by atoms with E-state index in [1.165, 1.54) is 4.88 Å². The maximum Gasteiger partial charge on any atom is 0.0667 e. The Labute approximate surface area is 89.3 Å². The summed E-state index contributed by atoms with van der Waals surface area (Å²) in [6, 6.07) is 4.41. The number of nitrogens with two attached hydrogens (primary N) is 1. The van der Waals surface area contributed by atoms with E-state index >= 15 is 0 Å². The molecule has 0 saturated carbocycles. The Morgan fingerprint density at radius 3 is 2.93 bits per heavy atom. The predicted molar refractivity (Wildman–Crippen MR) is 60.6 cm³/mol. The molecule has 0 fully saturated rings. The molecule has 1 heterocycles. The van der Waals surface area contributed by atoms with Crippen molar-refractivity contribution in [2.45, 2.75) is 19.1 Å². The van der Waals surface area contributed by atoms with Gasteiger partial charge in [-0.15, -0.1) is 11.3 Å². The topological polar surface area (TPSA) is 47.3 Å². The van der Waals surface area contributed by atoms with Crippen LogP contribution in [-0.2, 0) is 4.74 Å². The van der Waals surface area contributed by atoms with E-state index in [0.29, 0.717) is 6.54 Å². The van der Waals surface area contributed by atoms with Crippen LogP contribution < -0.4 is 11.1 Å². The lowest BCUT2D eigenvalue weighted by Crippen LogP contribution is -2.33. The van der Waals surface area contributed by atoms with Gasteiger partial charge in [-0.2, -0.15) is 0 Å². The largest absolute Gasteiger partial charge is 0.380 e. The monoisotopic (exact) mass is 214 g/mol. The zero-order valence-corrected chi connectivity index (χ0v) is 9.51. The quantitative estimate of drug-likeness (QED) is 0.752. The van der Waals surface area contributed by atoms with E-state index in [1.807, 2.05) is 13.0 Å². The maximum absolute atomic E-state index is 5.70. The highest BCUT2D eigenvalue weighted by atomic mass is 32.1. The molecule has 0 radical (unpaired) electrons. The first kappa shape index (κ1) is 11.7. The Bertz CT molecular complexity index is 238. The lowest BCUT2D eigenvalue weighted by Gasteiger charge is -2.17. The molecule has 2 atom stereocenters. The summed E-state index contributed by atoms with van der Waals surface area (Å²) in [4.78, 5) is 1.29. The fraction of sp³-hybridized carbons (Fsp3) is 0.600. The van der Waals surface area contributed by atoms with Crippen LogP contribution in [0, 0.1) is 0 Å². The summed E-state index contributed by atoms with van der Waals surface area (Å²) in [6.07, 6.45) is 0.226. The molecule has 2 unspecified atom stereocenters. The molecule has 0 saturated heterocycles. The van der Waals surface area contributed by atoms with Crippen LogP contribution in [0.3, 0.4) is 0 Å². The van der Waals surface area contributed by atoms with Gasteiger partial charge in [-0.1, -0.05) is 6.07 Å². The Morgan fingerprint density at radius 2 is 2.43 bits per heavy atom. The predicted octanol–water partition coefficient (Wildman–Crippen LogP) is 1.37. The van der Waals surface area contributed by atoms with Crippen molar-refractivity contribution in [3.8, 4) is 0 Å². The molecule has 0 bridgehead atoms. The zero-order valence-electron chi connectivity index (χ0n) is 8.69. The van der Waals surface area contributed by atoms with E-state index < -0.39 is 0 Å². The van der Waals surface area contributed by atoms with Crippen molar-refractivity contribution in [2.24, 2.45) is 5.73 Å². The third-order valence-corrected chi connectivity index (χ3v) is 3.16.